The van der Waals surface area contributed by atoms with Gasteiger partial charge in [0.1, 0.15) is 0 Å². The third-order valence-electron chi connectivity index (χ3n) is 3.00. The Bertz CT molecular complexity index is 311. The molecule has 2 N–H and O–H groups in total. The van der Waals surface area contributed by atoms with Crippen molar-refractivity contribution in [2.75, 3.05) is 25.6 Å². The van der Waals surface area contributed by atoms with E-state index in [1.165, 1.54) is 18.4 Å². The number of ether oxygens (including phenoxy) is 1. The molecule has 0 fully saturated rings. The van der Waals surface area contributed by atoms with E-state index in [-0.39, 0.29) is 6.61 Å². The number of anilines is 1. The average molecular weight is 251 g/mol. The van der Waals surface area contributed by atoms with Crippen LogP contribution in [0.2, 0.25) is 0 Å². The number of hydrogen-bond donors (Lipinski definition) is 2. The van der Waals surface area contributed by atoms with Crippen LogP contribution in [0.25, 0.3) is 0 Å². The van der Waals surface area contributed by atoms with E-state index in [1.54, 1.807) is 7.11 Å². The van der Waals surface area contributed by atoms with Crippen molar-refractivity contribution in [3.05, 3.63) is 29.8 Å². The van der Waals surface area contributed by atoms with Crippen LogP contribution >= 0.6 is 0 Å². The molecule has 1 atom stereocenters. The fraction of sp³-hybridized carbons (Fsp3) is 0.600. The minimum absolute atomic E-state index is 0.204. The Morgan fingerprint density at radius 2 is 2.00 bits per heavy atom. The van der Waals surface area contributed by atoms with E-state index < -0.39 is 0 Å². The maximum Gasteiger partial charge on any atom is 0.0664 e. The molecule has 1 unspecified atom stereocenters. The van der Waals surface area contributed by atoms with Crippen molar-refractivity contribution in [3.8, 4) is 0 Å². The second kappa shape index (κ2) is 8.95. The van der Waals surface area contributed by atoms with E-state index in [0.29, 0.717) is 6.04 Å². The van der Waals surface area contributed by atoms with Gasteiger partial charge in [0, 0.05) is 25.4 Å². The van der Waals surface area contributed by atoms with Gasteiger partial charge in [0.05, 0.1) is 6.61 Å². The Hall–Kier alpha value is -1.06. The highest BCUT2D eigenvalue weighted by Gasteiger charge is 2.07. The zero-order valence-corrected chi connectivity index (χ0v) is 11.5. The van der Waals surface area contributed by atoms with Crippen molar-refractivity contribution in [1.82, 2.24) is 0 Å². The molecule has 1 rings (SSSR count). The number of benzene rings is 1. The zero-order chi connectivity index (χ0) is 13.2. The van der Waals surface area contributed by atoms with Crippen molar-refractivity contribution < 1.29 is 9.84 Å². The maximum absolute atomic E-state index is 8.87. The van der Waals surface area contributed by atoms with Crippen molar-refractivity contribution in [3.63, 3.8) is 0 Å². The molecule has 0 amide bonds. The van der Waals surface area contributed by atoms with Crippen LogP contribution in [0.3, 0.4) is 0 Å². The van der Waals surface area contributed by atoms with Crippen LogP contribution in [0.4, 0.5) is 5.69 Å². The van der Waals surface area contributed by atoms with Gasteiger partial charge in [0.15, 0.2) is 0 Å². The molecule has 0 aliphatic heterocycles. The molecule has 0 aromatic heterocycles. The van der Waals surface area contributed by atoms with Crippen LogP contribution in [0.1, 0.15) is 31.7 Å². The van der Waals surface area contributed by atoms with E-state index in [4.69, 9.17) is 9.84 Å². The lowest BCUT2D eigenvalue weighted by molar-refractivity contribution is 0.182. The Morgan fingerprint density at radius 1 is 1.28 bits per heavy atom. The van der Waals surface area contributed by atoms with Crippen molar-refractivity contribution >= 4 is 5.69 Å². The summed E-state index contributed by atoms with van der Waals surface area (Å²) in [6.45, 7) is 3.14. The van der Waals surface area contributed by atoms with Crippen molar-refractivity contribution in [1.29, 1.82) is 0 Å². The van der Waals surface area contributed by atoms with Gasteiger partial charge in [-0.1, -0.05) is 31.9 Å². The van der Waals surface area contributed by atoms with Gasteiger partial charge < -0.3 is 15.2 Å². The summed E-state index contributed by atoms with van der Waals surface area (Å²) in [6.07, 6.45) is 4.27. The lowest BCUT2D eigenvalue weighted by Crippen LogP contribution is -2.24. The summed E-state index contributed by atoms with van der Waals surface area (Å²) in [4.78, 5) is 0. The fourth-order valence-electron chi connectivity index (χ4n) is 1.98. The predicted molar refractivity (Wildman–Crippen MR) is 76.0 cm³/mol. The summed E-state index contributed by atoms with van der Waals surface area (Å²) in [6, 6.07) is 8.63. The molecule has 0 aliphatic rings. The summed E-state index contributed by atoms with van der Waals surface area (Å²) in [5.74, 6) is 0. The lowest BCUT2D eigenvalue weighted by atomic mass is 10.1. The van der Waals surface area contributed by atoms with Crippen molar-refractivity contribution in [2.45, 2.75) is 38.6 Å². The van der Waals surface area contributed by atoms with E-state index in [1.807, 2.05) is 0 Å². The highest BCUT2D eigenvalue weighted by atomic mass is 16.5. The molecule has 0 spiro atoms. The summed E-state index contributed by atoms with van der Waals surface area (Å²) in [5.41, 5.74) is 2.29. The molecule has 1 aromatic carbocycles. The Labute approximate surface area is 110 Å². The number of rotatable bonds is 9. The molecule has 0 saturated carbocycles. The monoisotopic (exact) mass is 251 g/mol. The third kappa shape index (κ3) is 5.52. The van der Waals surface area contributed by atoms with Crippen LogP contribution in [-0.2, 0) is 11.2 Å². The summed E-state index contributed by atoms with van der Waals surface area (Å²) >= 11 is 0. The molecule has 1 aromatic rings. The number of aliphatic hydroxyl groups is 1. The van der Waals surface area contributed by atoms with Gasteiger partial charge >= 0.3 is 0 Å². The molecule has 3 heteroatoms. The molecule has 3 nitrogen and oxygen atoms in total. The Morgan fingerprint density at radius 3 is 2.56 bits per heavy atom. The van der Waals surface area contributed by atoms with Crippen molar-refractivity contribution in [2.24, 2.45) is 0 Å². The number of methoxy groups -OCH3 is 1. The second-order valence-corrected chi connectivity index (χ2v) is 4.61. The SMILES string of the molecule is CCCCC(COC)Nc1ccc(CCO)cc1. The van der Waals surface area contributed by atoms with Gasteiger partial charge in [0.25, 0.3) is 0 Å². The van der Waals surface area contributed by atoms with Gasteiger partial charge in [0.2, 0.25) is 0 Å². The van der Waals surface area contributed by atoms with E-state index in [2.05, 4.69) is 36.5 Å². The topological polar surface area (TPSA) is 41.5 Å². The van der Waals surface area contributed by atoms with Crippen LogP contribution in [0.15, 0.2) is 24.3 Å². The normalized spacial score (nSPS) is 12.4. The van der Waals surface area contributed by atoms with Gasteiger partial charge in [-0.25, -0.2) is 0 Å². The first-order valence-corrected chi connectivity index (χ1v) is 6.75. The predicted octanol–water partition coefficient (Wildman–Crippen LogP) is 2.84. The van der Waals surface area contributed by atoms with Crippen LogP contribution in [-0.4, -0.2) is 31.5 Å². The number of unbranched alkanes of at least 4 members (excludes halogenated alkanes) is 1. The lowest BCUT2D eigenvalue weighted by Gasteiger charge is -2.19. The first kappa shape index (κ1) is 15.0. The van der Waals surface area contributed by atoms with Crippen LogP contribution in [0.5, 0.6) is 0 Å². The number of nitrogens with one attached hydrogen (secondary N) is 1. The standard InChI is InChI=1S/C15H25NO2/c1-3-4-5-15(12-18-2)16-14-8-6-13(7-9-14)10-11-17/h6-9,15-17H,3-5,10-12H2,1-2H3. The van der Waals surface area contributed by atoms with Gasteiger partial charge in [-0.15, -0.1) is 0 Å². The molecular weight excluding hydrogens is 226 g/mol. The van der Waals surface area contributed by atoms with Gasteiger partial charge in [-0.05, 0) is 30.5 Å². The highest BCUT2D eigenvalue weighted by molar-refractivity contribution is 5.45. The summed E-state index contributed by atoms with van der Waals surface area (Å²) < 4.78 is 5.24. The molecule has 0 saturated heterocycles. The summed E-state index contributed by atoms with van der Waals surface area (Å²) in [5, 5.41) is 12.4. The average Bonchev–Trinajstić information content (AvgIpc) is 2.39. The summed E-state index contributed by atoms with van der Waals surface area (Å²) in [7, 11) is 1.74. The number of aliphatic hydroxyl groups excluding tert-OH is 1. The van der Waals surface area contributed by atoms with Gasteiger partial charge in [-0.2, -0.15) is 0 Å². The molecule has 0 bridgehead atoms. The molecule has 0 heterocycles. The number of hydrogen-bond acceptors (Lipinski definition) is 3. The van der Waals surface area contributed by atoms with Crippen LogP contribution in [0, 0.1) is 0 Å². The Kier molecular flexibility index (Phi) is 7.46. The molecule has 18 heavy (non-hydrogen) atoms. The molecule has 102 valence electrons. The molecule has 0 radical (unpaired) electrons. The molecular formula is C15H25NO2. The van der Waals surface area contributed by atoms with E-state index in [0.717, 1.165) is 25.1 Å². The Balaban J connectivity index is 2.51. The van der Waals surface area contributed by atoms with Gasteiger partial charge in [-0.3, -0.25) is 0 Å². The van der Waals surface area contributed by atoms with E-state index in [9.17, 15) is 0 Å². The smallest absolute Gasteiger partial charge is 0.0664 e. The molecule has 0 aliphatic carbocycles. The van der Waals surface area contributed by atoms with E-state index >= 15 is 0 Å². The van der Waals surface area contributed by atoms with Crippen LogP contribution < -0.4 is 5.32 Å². The first-order valence-electron chi connectivity index (χ1n) is 6.75. The zero-order valence-electron chi connectivity index (χ0n) is 11.5. The second-order valence-electron chi connectivity index (χ2n) is 4.61. The first-order chi connectivity index (χ1) is 8.80. The largest absolute Gasteiger partial charge is 0.396 e. The fourth-order valence-corrected chi connectivity index (χ4v) is 1.98. The quantitative estimate of drug-likeness (QED) is 0.709. The highest BCUT2D eigenvalue weighted by Crippen LogP contribution is 2.13. The third-order valence-corrected chi connectivity index (χ3v) is 3.00. The minimum atomic E-state index is 0.204. The maximum atomic E-state index is 8.87. The minimum Gasteiger partial charge on any atom is -0.396 e.